The number of rotatable bonds is 21. The molecule has 0 N–H and O–H groups in total. The molecule has 282 valence electrons. The van der Waals surface area contributed by atoms with E-state index in [0.717, 1.165) is 0 Å². The largest absolute Gasteiger partial charge is 0.463 e. The smallest absolute Gasteiger partial charge is 0.332 e. The van der Waals surface area contributed by atoms with E-state index in [1.165, 1.54) is 0 Å². The average Bonchev–Trinajstić information content (AvgIpc) is 3.21. The second-order valence-electron chi connectivity index (χ2n) is 12.0. The molecule has 0 saturated carbocycles. The highest BCUT2D eigenvalue weighted by Gasteiger charge is 2.20. The minimum atomic E-state index is -0.701. The van der Waals surface area contributed by atoms with Gasteiger partial charge < -0.3 is 28.4 Å². The lowest BCUT2D eigenvalue weighted by molar-refractivity contribution is -0.159. The van der Waals surface area contributed by atoms with Gasteiger partial charge >= 0.3 is 23.9 Å². The van der Waals surface area contributed by atoms with Crippen molar-refractivity contribution in [1.82, 2.24) is 0 Å². The first-order valence-electron chi connectivity index (χ1n) is 17.3. The first-order valence-corrected chi connectivity index (χ1v) is 17.3. The van der Waals surface area contributed by atoms with Crippen LogP contribution in [-0.2, 0) is 47.6 Å². The van der Waals surface area contributed by atoms with E-state index in [9.17, 15) is 28.8 Å². The van der Waals surface area contributed by atoms with Crippen LogP contribution in [0, 0.1) is 0 Å². The third-order valence-corrected chi connectivity index (χ3v) is 8.07. The van der Waals surface area contributed by atoms with Gasteiger partial charge in [0, 0.05) is 22.3 Å². The summed E-state index contributed by atoms with van der Waals surface area (Å²) in [6, 6.07) is 31.3. The van der Waals surface area contributed by atoms with Crippen molar-refractivity contribution in [2.75, 3.05) is 52.9 Å². The lowest BCUT2D eigenvalue weighted by Crippen LogP contribution is -2.22. The van der Waals surface area contributed by atoms with Crippen molar-refractivity contribution >= 4 is 35.4 Å². The molecule has 0 bridgehead atoms. The lowest BCUT2D eigenvalue weighted by atomic mass is 9.96. The Kier molecular flexibility index (Phi) is 16.3. The average molecular weight is 739 g/mol. The molecule has 4 aromatic rings. The van der Waals surface area contributed by atoms with Crippen molar-refractivity contribution in [1.29, 1.82) is 0 Å². The third-order valence-electron chi connectivity index (χ3n) is 8.07. The summed E-state index contributed by atoms with van der Waals surface area (Å²) in [5.41, 5.74) is 3.27. The number of esters is 4. The van der Waals surface area contributed by atoms with Crippen LogP contribution in [0.5, 0.6) is 0 Å². The molecule has 4 aromatic carbocycles. The van der Waals surface area contributed by atoms with Crippen molar-refractivity contribution in [3.63, 3.8) is 0 Å². The van der Waals surface area contributed by atoms with Crippen LogP contribution in [-0.4, -0.2) is 88.3 Å². The Morgan fingerprint density at radius 1 is 0.426 bits per heavy atom. The van der Waals surface area contributed by atoms with E-state index in [-0.39, 0.29) is 51.2 Å². The van der Waals surface area contributed by atoms with Crippen molar-refractivity contribution in [3.8, 4) is 0 Å². The molecule has 4 rings (SSSR count). The van der Waals surface area contributed by atoms with E-state index < -0.39 is 48.9 Å². The summed E-state index contributed by atoms with van der Waals surface area (Å²) in [5.74, 6) is -3.99. The number of carbonyl (C=O) groups excluding carboxylic acids is 6. The Morgan fingerprint density at radius 2 is 0.778 bits per heavy atom. The Balaban J connectivity index is 1.01. The van der Waals surface area contributed by atoms with Crippen LogP contribution in [0.4, 0.5) is 0 Å². The molecule has 0 saturated heterocycles. The van der Waals surface area contributed by atoms with Gasteiger partial charge in [-0.3, -0.25) is 19.2 Å². The third kappa shape index (κ3) is 12.9. The molecule has 12 nitrogen and oxygen atoms in total. The van der Waals surface area contributed by atoms with Crippen LogP contribution >= 0.6 is 0 Å². The number of hydrogen-bond donors (Lipinski definition) is 0. The van der Waals surface area contributed by atoms with E-state index in [1.807, 2.05) is 12.1 Å². The molecule has 0 radical (unpaired) electrons. The van der Waals surface area contributed by atoms with Gasteiger partial charge in [0.25, 0.3) is 0 Å². The maximum Gasteiger partial charge on any atom is 0.332 e. The molecular weight excluding hydrogens is 696 g/mol. The Hall–Kier alpha value is -5.98. The lowest BCUT2D eigenvalue weighted by Gasteiger charge is -2.13. The maximum atomic E-state index is 12.8. The van der Waals surface area contributed by atoms with Crippen molar-refractivity contribution in [3.05, 3.63) is 143 Å². The molecule has 0 aliphatic heterocycles. The topological polar surface area (TPSA) is 158 Å². The van der Waals surface area contributed by atoms with Crippen LogP contribution in [0.3, 0.4) is 0 Å². The molecule has 0 heterocycles. The van der Waals surface area contributed by atoms with Crippen LogP contribution in [0.15, 0.2) is 109 Å². The van der Waals surface area contributed by atoms with Gasteiger partial charge in [0.1, 0.15) is 39.6 Å². The van der Waals surface area contributed by atoms with Crippen molar-refractivity contribution < 1.29 is 57.2 Å². The van der Waals surface area contributed by atoms with Gasteiger partial charge in [-0.25, -0.2) is 9.59 Å². The first kappa shape index (κ1) is 40.8. The van der Waals surface area contributed by atoms with Crippen molar-refractivity contribution in [2.45, 2.75) is 25.7 Å². The summed E-state index contributed by atoms with van der Waals surface area (Å²) < 4.78 is 30.8. The van der Waals surface area contributed by atoms with Crippen LogP contribution < -0.4 is 0 Å². The molecule has 0 fully saturated rings. The Morgan fingerprint density at radius 3 is 1.17 bits per heavy atom. The molecule has 12 heteroatoms. The number of ether oxygens (including phenoxy) is 6. The fourth-order valence-electron chi connectivity index (χ4n) is 5.04. The number of benzene rings is 4. The monoisotopic (exact) mass is 738 g/mol. The molecular formula is C42H42O12. The normalized spacial score (nSPS) is 11.8. The molecule has 0 amide bonds. The van der Waals surface area contributed by atoms with Gasteiger partial charge in [0.15, 0.2) is 11.6 Å². The van der Waals surface area contributed by atoms with Crippen molar-refractivity contribution in [2.24, 2.45) is 0 Å². The summed E-state index contributed by atoms with van der Waals surface area (Å²) in [7, 11) is 0. The summed E-state index contributed by atoms with van der Waals surface area (Å²) in [6.45, 7) is 1.83. The Labute approximate surface area is 313 Å². The van der Waals surface area contributed by atoms with E-state index in [2.05, 4.69) is 0 Å². The molecule has 0 unspecified atom stereocenters. The summed E-state index contributed by atoms with van der Waals surface area (Å²) in [5, 5.41) is 0. The summed E-state index contributed by atoms with van der Waals surface area (Å²) >= 11 is 0. The SMILES string of the molecule is C[C@@H](C(=O)OCCOCC(=O)OCCOC(=O)COCCOC(=O)[C@H](C)c1cccc(C(=O)c2ccccc2)c1)c1cccc(C(=O)c2ccccc2)c1. The number of hydrogen-bond acceptors (Lipinski definition) is 12. The van der Waals surface area contributed by atoms with E-state index in [1.54, 1.807) is 111 Å². The van der Waals surface area contributed by atoms with E-state index in [4.69, 9.17) is 28.4 Å². The summed E-state index contributed by atoms with van der Waals surface area (Å²) in [4.78, 5) is 74.4. The molecule has 0 aliphatic carbocycles. The maximum absolute atomic E-state index is 12.8. The van der Waals surface area contributed by atoms with Gasteiger partial charge in [0.05, 0.1) is 25.0 Å². The fraction of sp³-hybridized carbons (Fsp3) is 0.286. The highest BCUT2D eigenvalue weighted by molar-refractivity contribution is 6.09. The second-order valence-corrected chi connectivity index (χ2v) is 12.0. The van der Waals surface area contributed by atoms with E-state index >= 15 is 0 Å². The molecule has 54 heavy (non-hydrogen) atoms. The standard InChI is InChI=1S/C42H42O12/c1-29(33-15-9-17-35(25-33)39(45)31-11-5-3-6-12-31)41(47)53-21-19-49-27-37(43)51-23-24-52-38(44)28-50-20-22-54-42(48)30(2)34-16-10-18-36(26-34)40(46)32-13-7-4-8-14-32/h3-18,25-26,29-30H,19-24,27-28H2,1-2H3/t29-,30-/m1/s1. The number of carbonyl (C=O) groups is 6. The van der Waals surface area contributed by atoms with Gasteiger partial charge in [-0.1, -0.05) is 97.1 Å². The zero-order valence-electron chi connectivity index (χ0n) is 30.1. The second kappa shape index (κ2) is 21.5. The summed E-state index contributed by atoms with van der Waals surface area (Å²) in [6.07, 6.45) is 0. The number of ketones is 2. The Bertz CT molecular complexity index is 1740. The minimum absolute atomic E-state index is 0.0520. The van der Waals surface area contributed by atoms with Crippen LogP contribution in [0.25, 0.3) is 0 Å². The fourth-order valence-corrected chi connectivity index (χ4v) is 5.04. The predicted octanol–water partition coefficient (Wildman–Crippen LogP) is 5.26. The molecule has 0 aliphatic rings. The quantitative estimate of drug-likeness (QED) is 0.0473. The van der Waals surface area contributed by atoms with Gasteiger partial charge in [-0.15, -0.1) is 0 Å². The minimum Gasteiger partial charge on any atom is -0.463 e. The van der Waals surface area contributed by atoms with Gasteiger partial charge in [0.2, 0.25) is 0 Å². The zero-order valence-corrected chi connectivity index (χ0v) is 30.1. The molecule has 0 aromatic heterocycles. The van der Waals surface area contributed by atoms with Gasteiger partial charge in [-0.2, -0.15) is 0 Å². The van der Waals surface area contributed by atoms with E-state index in [0.29, 0.717) is 33.4 Å². The molecule has 2 atom stereocenters. The zero-order chi connectivity index (χ0) is 38.7. The predicted molar refractivity (Wildman–Crippen MR) is 195 cm³/mol. The van der Waals surface area contributed by atoms with Crippen LogP contribution in [0.1, 0.15) is 68.7 Å². The van der Waals surface area contributed by atoms with Crippen LogP contribution in [0.2, 0.25) is 0 Å². The molecule has 0 spiro atoms. The highest BCUT2D eigenvalue weighted by Crippen LogP contribution is 2.21. The first-order chi connectivity index (χ1) is 26.1. The highest BCUT2D eigenvalue weighted by atomic mass is 16.6. The van der Waals surface area contributed by atoms with Gasteiger partial charge in [-0.05, 0) is 37.1 Å².